The number of rotatable bonds is 7. The normalized spacial score (nSPS) is 11.4. The Morgan fingerprint density at radius 1 is 1.10 bits per heavy atom. The molecule has 0 aliphatic carbocycles. The number of fused-ring (bicyclic) bond motifs is 1. The third kappa shape index (κ3) is 5.84. The zero-order valence-electron chi connectivity index (χ0n) is 17.3. The van der Waals surface area contributed by atoms with E-state index in [9.17, 15) is 4.39 Å². The number of hydrogen-bond donors (Lipinski definition) is 3. The van der Waals surface area contributed by atoms with Gasteiger partial charge in [0.2, 0.25) is 0 Å². The van der Waals surface area contributed by atoms with Crippen LogP contribution in [-0.4, -0.2) is 40.9 Å². The molecule has 0 radical (unpaired) electrons. The van der Waals surface area contributed by atoms with Gasteiger partial charge in [-0.15, -0.1) is 24.0 Å². The Morgan fingerprint density at radius 3 is 2.65 bits per heavy atom. The summed E-state index contributed by atoms with van der Waals surface area (Å²) in [6.07, 6.45) is 7.49. The fourth-order valence-corrected chi connectivity index (χ4v) is 3.43. The largest absolute Gasteiger partial charge is 0.361 e. The van der Waals surface area contributed by atoms with E-state index in [1.165, 1.54) is 6.07 Å². The van der Waals surface area contributed by atoms with Crippen molar-refractivity contribution in [2.24, 2.45) is 4.99 Å². The second-order valence-electron chi connectivity index (χ2n) is 7.06. The van der Waals surface area contributed by atoms with Gasteiger partial charge < -0.3 is 15.6 Å². The van der Waals surface area contributed by atoms with E-state index in [-0.39, 0.29) is 29.8 Å². The highest BCUT2D eigenvalue weighted by Crippen LogP contribution is 2.19. The van der Waals surface area contributed by atoms with Crippen molar-refractivity contribution in [1.82, 2.24) is 25.4 Å². The maximum Gasteiger partial charge on any atom is 0.190 e. The molecule has 3 N–H and O–H groups in total. The number of aromatic nitrogens is 3. The number of aromatic amines is 1. The Balaban J connectivity index is 0.00000272. The highest BCUT2D eigenvalue weighted by molar-refractivity contribution is 14.0. The zero-order chi connectivity index (χ0) is 20.8. The van der Waals surface area contributed by atoms with Crippen LogP contribution in [0.3, 0.4) is 0 Å². The van der Waals surface area contributed by atoms with Gasteiger partial charge in [0.25, 0.3) is 0 Å². The van der Waals surface area contributed by atoms with Gasteiger partial charge in [-0.05, 0) is 54.3 Å². The Bertz CT molecular complexity index is 1140. The zero-order valence-corrected chi connectivity index (χ0v) is 19.6. The fraction of sp³-hybridized carbons (Fsp3) is 0.217. The summed E-state index contributed by atoms with van der Waals surface area (Å²) in [7, 11) is 1.75. The Hall–Kier alpha value is -2.88. The molecule has 4 rings (SSSR count). The van der Waals surface area contributed by atoms with Crippen LogP contribution in [0.5, 0.6) is 0 Å². The lowest BCUT2D eigenvalue weighted by atomic mass is 10.1. The van der Waals surface area contributed by atoms with E-state index < -0.39 is 0 Å². The summed E-state index contributed by atoms with van der Waals surface area (Å²) < 4.78 is 15.4. The lowest BCUT2D eigenvalue weighted by Gasteiger charge is -2.11. The minimum Gasteiger partial charge on any atom is -0.361 e. The summed E-state index contributed by atoms with van der Waals surface area (Å²) in [5.74, 6) is 0.529. The van der Waals surface area contributed by atoms with Gasteiger partial charge in [-0.3, -0.25) is 4.99 Å². The van der Waals surface area contributed by atoms with E-state index in [1.807, 2.05) is 53.6 Å². The molecule has 0 unspecified atom stereocenters. The van der Waals surface area contributed by atoms with E-state index in [0.717, 1.165) is 53.1 Å². The van der Waals surface area contributed by atoms with Crippen molar-refractivity contribution in [3.8, 4) is 5.69 Å². The van der Waals surface area contributed by atoms with E-state index in [2.05, 4.69) is 25.7 Å². The molecule has 0 atom stereocenters. The molecule has 0 amide bonds. The number of hydrogen-bond acceptors (Lipinski definition) is 2. The predicted molar refractivity (Wildman–Crippen MR) is 134 cm³/mol. The highest BCUT2D eigenvalue weighted by Gasteiger charge is 2.06. The van der Waals surface area contributed by atoms with Crippen LogP contribution in [0.25, 0.3) is 16.6 Å². The first-order valence-corrected chi connectivity index (χ1v) is 10.0. The summed E-state index contributed by atoms with van der Waals surface area (Å²) in [5, 5.41) is 12.0. The van der Waals surface area contributed by atoms with Crippen LogP contribution in [0.4, 0.5) is 4.39 Å². The Labute approximate surface area is 198 Å². The van der Waals surface area contributed by atoms with Crippen LogP contribution in [-0.2, 0) is 12.8 Å². The summed E-state index contributed by atoms with van der Waals surface area (Å²) in [6, 6.07) is 14.9. The molecule has 162 valence electrons. The topological polar surface area (TPSA) is 70.0 Å². The number of nitrogens with one attached hydrogen (secondary N) is 3. The molecule has 0 saturated heterocycles. The standard InChI is InChI=1S/C23H25FN6.HI/c1-25-23(27-12-10-18-15-28-22-8-7-19(24)13-21(18)22)26-11-9-17-14-29-30(16-17)20-5-3-2-4-6-20;/h2-8,13-16,28H,9-12H2,1H3,(H2,25,26,27);1H. The molecule has 2 aromatic carbocycles. The van der Waals surface area contributed by atoms with Crippen molar-refractivity contribution in [1.29, 1.82) is 0 Å². The molecule has 4 aromatic rings. The van der Waals surface area contributed by atoms with Crippen LogP contribution < -0.4 is 10.6 Å². The van der Waals surface area contributed by atoms with Gasteiger partial charge in [-0.25, -0.2) is 9.07 Å². The van der Waals surface area contributed by atoms with Crippen LogP contribution in [0.15, 0.2) is 72.1 Å². The Kier molecular flexibility index (Phi) is 8.05. The van der Waals surface area contributed by atoms with Crippen molar-refractivity contribution < 1.29 is 4.39 Å². The first kappa shape index (κ1) is 22.8. The molecule has 0 spiro atoms. The predicted octanol–water partition coefficient (Wildman–Crippen LogP) is 4.06. The number of nitrogens with zero attached hydrogens (tertiary/aromatic N) is 3. The van der Waals surface area contributed by atoms with Crippen LogP contribution in [0.2, 0.25) is 0 Å². The van der Waals surface area contributed by atoms with Gasteiger partial charge in [-0.1, -0.05) is 18.2 Å². The van der Waals surface area contributed by atoms with Crippen LogP contribution >= 0.6 is 24.0 Å². The van der Waals surface area contributed by atoms with Gasteiger partial charge in [0, 0.05) is 43.4 Å². The quantitative estimate of drug-likeness (QED) is 0.191. The molecule has 6 nitrogen and oxygen atoms in total. The molecule has 0 fully saturated rings. The van der Waals surface area contributed by atoms with Crippen molar-refractivity contribution in [2.75, 3.05) is 20.1 Å². The monoisotopic (exact) mass is 532 g/mol. The first-order valence-electron chi connectivity index (χ1n) is 10.0. The highest BCUT2D eigenvalue weighted by atomic mass is 127. The van der Waals surface area contributed by atoms with E-state index >= 15 is 0 Å². The molecule has 0 bridgehead atoms. The molecule has 0 saturated carbocycles. The number of benzene rings is 2. The maximum absolute atomic E-state index is 13.5. The molecule has 8 heteroatoms. The van der Waals surface area contributed by atoms with Gasteiger partial charge >= 0.3 is 0 Å². The van der Waals surface area contributed by atoms with E-state index in [4.69, 9.17) is 0 Å². The number of aliphatic imine (C=N–C) groups is 1. The van der Waals surface area contributed by atoms with Gasteiger partial charge in [0.15, 0.2) is 5.96 Å². The third-order valence-electron chi connectivity index (χ3n) is 5.00. The lowest BCUT2D eigenvalue weighted by molar-refractivity contribution is 0.629. The first-order chi connectivity index (χ1) is 14.7. The number of guanidine groups is 1. The molecular weight excluding hydrogens is 506 g/mol. The number of H-pyrrole nitrogens is 1. The summed E-state index contributed by atoms with van der Waals surface area (Å²) >= 11 is 0. The maximum atomic E-state index is 13.5. The smallest absolute Gasteiger partial charge is 0.190 e. The number of halogens is 2. The molecule has 0 aliphatic heterocycles. The summed E-state index contributed by atoms with van der Waals surface area (Å²) in [6.45, 7) is 1.45. The van der Waals surface area contributed by atoms with Crippen molar-refractivity contribution in [3.63, 3.8) is 0 Å². The minimum absolute atomic E-state index is 0. The second kappa shape index (κ2) is 10.9. The molecule has 0 aliphatic rings. The average molecular weight is 532 g/mol. The second-order valence-corrected chi connectivity index (χ2v) is 7.06. The minimum atomic E-state index is -0.218. The van der Waals surface area contributed by atoms with Crippen molar-refractivity contribution in [3.05, 3.63) is 84.1 Å². The van der Waals surface area contributed by atoms with Crippen molar-refractivity contribution >= 4 is 40.8 Å². The molecule has 31 heavy (non-hydrogen) atoms. The van der Waals surface area contributed by atoms with Gasteiger partial charge in [0.05, 0.1) is 11.9 Å². The third-order valence-corrected chi connectivity index (χ3v) is 5.00. The van der Waals surface area contributed by atoms with Gasteiger partial charge in [0.1, 0.15) is 5.82 Å². The average Bonchev–Trinajstić information content (AvgIpc) is 3.40. The van der Waals surface area contributed by atoms with Crippen LogP contribution in [0, 0.1) is 5.82 Å². The van der Waals surface area contributed by atoms with Gasteiger partial charge in [-0.2, -0.15) is 5.10 Å². The Morgan fingerprint density at radius 2 is 1.87 bits per heavy atom. The SMILES string of the molecule is CN=C(NCCc1cnn(-c2ccccc2)c1)NCCc1c[nH]c2ccc(F)cc12.I. The fourth-order valence-electron chi connectivity index (χ4n) is 3.43. The summed E-state index contributed by atoms with van der Waals surface area (Å²) in [5.41, 5.74) is 4.24. The molecule has 2 aromatic heterocycles. The number of para-hydroxylation sites is 1. The van der Waals surface area contributed by atoms with Crippen LogP contribution in [0.1, 0.15) is 11.1 Å². The van der Waals surface area contributed by atoms with Crippen molar-refractivity contribution in [2.45, 2.75) is 12.8 Å². The molecule has 2 heterocycles. The lowest BCUT2D eigenvalue weighted by Crippen LogP contribution is -2.39. The van der Waals surface area contributed by atoms with E-state index in [0.29, 0.717) is 6.54 Å². The molecular formula is C23H26FIN6. The van der Waals surface area contributed by atoms with E-state index in [1.54, 1.807) is 19.2 Å². The summed E-state index contributed by atoms with van der Waals surface area (Å²) in [4.78, 5) is 7.46.